The standard InChI is InChI=1S/C35H53N5O6.C14H19NO2/c1-33(2,3)24(19-46-18-21-12-10-9-11-13-21)38-32(45)39-28(34(4,5)6)31(44)40-17-22-25(35(22,7)8)26(40)30(43)37-23(16-20-14-15-20)27(41)29(36)42;1-14(2,3)13(15-11-16)10-17-9-12-7-5-4-6-8-12/h9-13,20,22-26,28H,14-19H2,1-8H3,(H2,36,42)(H,37,43)(H2,38,39,45);4-8,13H,9-10H2,1-3H3/t22-,23?,24+,25-,26-,28+;13-/m01/s1. The highest BCUT2D eigenvalue weighted by Gasteiger charge is 2.70. The van der Waals surface area contributed by atoms with E-state index in [1.54, 1.807) is 11.0 Å². The number of carbonyl (C=O) groups excluding carboxylic acids is 6. The Kier molecular flexibility index (Phi) is 17.1. The number of nitrogens with one attached hydrogen (secondary N) is 3. The first-order chi connectivity index (χ1) is 29.4. The fraction of sp³-hybridized carbons (Fsp3) is 0.633. The van der Waals surface area contributed by atoms with Gasteiger partial charge in [0.1, 0.15) is 12.1 Å². The Bertz CT molecular complexity index is 1930. The summed E-state index contributed by atoms with van der Waals surface area (Å²) in [6.07, 6.45) is 3.83. The summed E-state index contributed by atoms with van der Waals surface area (Å²) in [5, 5.41) is 8.73. The molecule has 346 valence electrons. The molecule has 14 nitrogen and oxygen atoms in total. The third-order valence-corrected chi connectivity index (χ3v) is 12.6. The summed E-state index contributed by atoms with van der Waals surface area (Å²) in [6, 6.07) is 15.9. The van der Waals surface area contributed by atoms with Crippen LogP contribution in [0.3, 0.4) is 0 Å². The number of urea groups is 1. The van der Waals surface area contributed by atoms with E-state index >= 15 is 0 Å². The maximum Gasteiger partial charge on any atom is 0.315 e. The summed E-state index contributed by atoms with van der Waals surface area (Å²) in [7, 11) is 0. The number of fused-ring (bicyclic) bond motifs is 1. The van der Waals surface area contributed by atoms with E-state index in [0.717, 1.165) is 24.0 Å². The molecule has 2 aliphatic carbocycles. The van der Waals surface area contributed by atoms with Gasteiger partial charge >= 0.3 is 6.03 Å². The molecular formula is C49H72N6O8. The zero-order chi connectivity index (χ0) is 46.9. The molecule has 5 N–H and O–H groups in total. The first-order valence-corrected chi connectivity index (χ1v) is 22.2. The van der Waals surface area contributed by atoms with E-state index in [1.807, 2.05) is 123 Å². The fourth-order valence-electron chi connectivity index (χ4n) is 8.09. The van der Waals surface area contributed by atoms with Crippen LogP contribution in [0, 0.1) is 39.4 Å². The number of hydrogen-bond acceptors (Lipinski definition) is 9. The molecule has 1 unspecified atom stereocenters. The van der Waals surface area contributed by atoms with Crippen molar-refractivity contribution in [3.63, 3.8) is 0 Å². The lowest BCUT2D eigenvalue weighted by molar-refractivity contribution is -0.145. The molecule has 7 atom stereocenters. The van der Waals surface area contributed by atoms with Gasteiger partial charge in [0.05, 0.1) is 44.6 Å². The van der Waals surface area contributed by atoms with Crippen molar-refractivity contribution in [1.82, 2.24) is 20.9 Å². The Morgan fingerprint density at radius 2 is 1.33 bits per heavy atom. The molecule has 14 heteroatoms. The lowest BCUT2D eigenvalue weighted by atomic mass is 9.85. The third kappa shape index (κ3) is 14.6. The van der Waals surface area contributed by atoms with Crippen LogP contribution in [0.1, 0.15) is 107 Å². The van der Waals surface area contributed by atoms with Crippen molar-refractivity contribution in [2.45, 2.75) is 139 Å². The number of rotatable bonds is 18. The van der Waals surface area contributed by atoms with Gasteiger partial charge in [0.25, 0.3) is 5.91 Å². The number of ether oxygens (including phenoxy) is 2. The number of piperidine rings is 1. The molecule has 1 saturated heterocycles. The van der Waals surface area contributed by atoms with Gasteiger partial charge in [0.2, 0.25) is 23.7 Å². The predicted octanol–water partition coefficient (Wildman–Crippen LogP) is 6.11. The number of amides is 5. The Labute approximate surface area is 374 Å². The van der Waals surface area contributed by atoms with Gasteiger partial charge in [-0.3, -0.25) is 19.2 Å². The lowest BCUT2D eigenvalue weighted by Gasteiger charge is -2.38. The highest BCUT2D eigenvalue weighted by molar-refractivity contribution is 6.37. The van der Waals surface area contributed by atoms with Gasteiger partial charge in [0, 0.05) is 6.54 Å². The average molecular weight is 873 g/mol. The van der Waals surface area contributed by atoms with Crippen LogP contribution in [0.15, 0.2) is 65.7 Å². The number of ketones is 1. The monoisotopic (exact) mass is 873 g/mol. The van der Waals surface area contributed by atoms with Crippen LogP contribution in [0.5, 0.6) is 0 Å². The molecule has 63 heavy (non-hydrogen) atoms. The van der Waals surface area contributed by atoms with Crippen LogP contribution in [0.4, 0.5) is 4.79 Å². The maximum absolute atomic E-state index is 14.3. The van der Waals surface area contributed by atoms with E-state index in [1.165, 1.54) is 0 Å². The summed E-state index contributed by atoms with van der Waals surface area (Å²) < 4.78 is 11.6. The van der Waals surface area contributed by atoms with Crippen molar-refractivity contribution in [1.29, 1.82) is 0 Å². The number of isocyanates is 1. The van der Waals surface area contributed by atoms with Crippen LogP contribution in [0.2, 0.25) is 0 Å². The van der Waals surface area contributed by atoms with Crippen molar-refractivity contribution in [3.05, 3.63) is 71.8 Å². The van der Waals surface area contributed by atoms with Crippen LogP contribution < -0.4 is 21.7 Å². The van der Waals surface area contributed by atoms with Crippen LogP contribution in [0.25, 0.3) is 0 Å². The van der Waals surface area contributed by atoms with Gasteiger partial charge < -0.3 is 36.1 Å². The second-order valence-corrected chi connectivity index (χ2v) is 21.3. The summed E-state index contributed by atoms with van der Waals surface area (Å²) in [4.78, 5) is 81.7. The average Bonchev–Trinajstić information content (AvgIpc) is 4.06. The van der Waals surface area contributed by atoms with Crippen molar-refractivity contribution < 1.29 is 38.2 Å². The highest BCUT2D eigenvalue weighted by atomic mass is 16.5. The molecule has 0 spiro atoms. The number of nitrogens with zero attached hydrogens (tertiary/aromatic N) is 2. The molecular weight excluding hydrogens is 801 g/mol. The number of nitrogens with two attached hydrogens (primary N) is 1. The Morgan fingerprint density at radius 1 is 0.794 bits per heavy atom. The minimum absolute atomic E-state index is 0.0892. The molecule has 3 aliphatic rings. The fourth-order valence-corrected chi connectivity index (χ4v) is 8.09. The van der Waals surface area contributed by atoms with E-state index in [0.29, 0.717) is 32.8 Å². The van der Waals surface area contributed by atoms with Crippen molar-refractivity contribution >= 4 is 35.6 Å². The van der Waals surface area contributed by atoms with Crippen molar-refractivity contribution in [3.8, 4) is 0 Å². The number of carbonyl (C=O) groups is 5. The number of benzene rings is 2. The summed E-state index contributed by atoms with van der Waals surface area (Å²) in [5.74, 6) is -2.49. The van der Waals surface area contributed by atoms with Crippen LogP contribution in [-0.4, -0.2) is 90.5 Å². The van der Waals surface area contributed by atoms with Gasteiger partial charge in [-0.2, -0.15) is 4.99 Å². The van der Waals surface area contributed by atoms with Crippen molar-refractivity contribution in [2.24, 2.45) is 50.1 Å². The summed E-state index contributed by atoms with van der Waals surface area (Å²) in [6.45, 7) is 23.9. The lowest BCUT2D eigenvalue weighted by Crippen LogP contribution is -2.62. The highest BCUT2D eigenvalue weighted by Crippen LogP contribution is 2.65. The van der Waals surface area contributed by atoms with Crippen molar-refractivity contribution in [2.75, 3.05) is 19.8 Å². The minimum atomic E-state index is -1.09. The SMILES string of the molecule is CC(C)(C)[C@@H](COCc1ccccc1)N=C=O.CC(C)(C)[C@H](NC(=O)N[C@H](COCc1ccccc1)C(C)(C)C)C(=O)N1C[C@H]2[C@@H]([C@H]1C(=O)NC(CC1CC1)C(=O)C(N)=O)C2(C)C. The third-order valence-electron chi connectivity index (χ3n) is 12.6. The largest absolute Gasteiger partial charge is 0.375 e. The van der Waals surface area contributed by atoms with E-state index in [9.17, 15) is 28.8 Å². The quantitative estimate of drug-likeness (QED) is 0.0782. The maximum atomic E-state index is 14.3. The van der Waals surface area contributed by atoms with E-state index in [2.05, 4.69) is 34.8 Å². The molecule has 0 bridgehead atoms. The van der Waals surface area contributed by atoms with Gasteiger partial charge in [-0.15, -0.1) is 0 Å². The molecule has 3 fully saturated rings. The topological polar surface area (TPSA) is 199 Å². The predicted molar refractivity (Wildman–Crippen MR) is 241 cm³/mol. The van der Waals surface area contributed by atoms with Crippen LogP contribution >= 0.6 is 0 Å². The molecule has 2 aromatic carbocycles. The van der Waals surface area contributed by atoms with Gasteiger partial charge in [0.15, 0.2) is 0 Å². The normalized spacial score (nSPS) is 20.9. The number of Topliss-reactive ketones (excluding diaryl/α,β-unsaturated/α-hetero) is 1. The smallest absolute Gasteiger partial charge is 0.315 e. The summed E-state index contributed by atoms with van der Waals surface area (Å²) >= 11 is 0. The Hall–Kier alpha value is -4.91. The van der Waals surface area contributed by atoms with Crippen LogP contribution in [-0.2, 0) is 46.7 Å². The van der Waals surface area contributed by atoms with E-state index < -0.39 is 47.2 Å². The van der Waals surface area contributed by atoms with Gasteiger partial charge in [-0.05, 0) is 57.0 Å². The number of likely N-dealkylation sites (tertiary alicyclic amines) is 1. The Balaban J connectivity index is 0.000000429. The first-order valence-electron chi connectivity index (χ1n) is 22.2. The number of hydrogen-bond donors (Lipinski definition) is 4. The second-order valence-electron chi connectivity index (χ2n) is 21.3. The first kappa shape index (κ1) is 50.7. The molecule has 2 aromatic rings. The zero-order valence-electron chi connectivity index (χ0n) is 39.3. The Morgan fingerprint density at radius 3 is 1.79 bits per heavy atom. The van der Waals surface area contributed by atoms with E-state index in [4.69, 9.17) is 15.2 Å². The molecule has 1 aliphatic heterocycles. The summed E-state index contributed by atoms with van der Waals surface area (Å²) in [5.41, 5.74) is 6.18. The zero-order valence-corrected chi connectivity index (χ0v) is 39.3. The molecule has 1 heterocycles. The number of aliphatic imine (C=N–C) groups is 1. The molecule has 0 aromatic heterocycles. The molecule has 5 amide bonds. The van der Waals surface area contributed by atoms with E-state index in [-0.39, 0.29) is 58.6 Å². The second kappa shape index (κ2) is 21.2. The molecule has 5 rings (SSSR count). The molecule has 0 radical (unpaired) electrons. The van der Waals surface area contributed by atoms with Gasteiger partial charge in [-0.25, -0.2) is 9.59 Å². The molecule has 2 saturated carbocycles. The van der Waals surface area contributed by atoms with Gasteiger partial charge in [-0.1, -0.05) is 150 Å². The minimum Gasteiger partial charge on any atom is -0.375 e. The number of primary amides is 1.